The van der Waals surface area contributed by atoms with Gasteiger partial charge in [0.15, 0.2) is 0 Å². The molecule has 0 fully saturated rings. The maximum atomic E-state index is 8.06. The van der Waals surface area contributed by atoms with Gasteiger partial charge in [-0.3, -0.25) is 5.41 Å². The number of halogens is 2. The number of rotatable bonds is 9. The average molecular weight is 411 g/mol. The van der Waals surface area contributed by atoms with Crippen LogP contribution in [-0.4, -0.2) is 17.2 Å². The third kappa shape index (κ3) is 5.83. The second kappa shape index (κ2) is 9.54. The second-order valence-electron chi connectivity index (χ2n) is 6.30. The zero-order valence-electron chi connectivity index (χ0n) is 15.0. The van der Waals surface area contributed by atoms with Gasteiger partial charge in [-0.05, 0) is 68.1 Å². The SMILES string of the molecule is CCCOc1ccc(SC(C)(CCc2ccc(Cl)cc2Cl)C(=N)N)cc1. The molecule has 140 valence electrons. The summed E-state index contributed by atoms with van der Waals surface area (Å²) in [4.78, 5) is 1.05. The molecule has 3 N–H and O–H groups in total. The van der Waals surface area contributed by atoms with E-state index in [0.717, 1.165) is 29.1 Å². The number of amidine groups is 1. The number of nitrogens with one attached hydrogen (secondary N) is 1. The molecule has 0 radical (unpaired) electrons. The minimum Gasteiger partial charge on any atom is -0.494 e. The number of aryl methyl sites for hydroxylation is 1. The minimum atomic E-state index is -0.519. The van der Waals surface area contributed by atoms with E-state index in [2.05, 4.69) is 6.92 Å². The summed E-state index contributed by atoms with van der Waals surface area (Å²) < 4.78 is 5.10. The number of nitrogens with two attached hydrogens (primary N) is 1. The van der Waals surface area contributed by atoms with Gasteiger partial charge in [-0.2, -0.15) is 0 Å². The summed E-state index contributed by atoms with van der Waals surface area (Å²) in [5.41, 5.74) is 6.93. The van der Waals surface area contributed by atoms with E-state index in [-0.39, 0.29) is 5.84 Å². The van der Waals surface area contributed by atoms with Gasteiger partial charge in [0.2, 0.25) is 0 Å². The number of benzene rings is 2. The highest BCUT2D eigenvalue weighted by Gasteiger charge is 2.29. The van der Waals surface area contributed by atoms with Gasteiger partial charge >= 0.3 is 0 Å². The molecule has 0 aliphatic heterocycles. The molecule has 1 unspecified atom stereocenters. The van der Waals surface area contributed by atoms with Crippen molar-refractivity contribution in [3.05, 3.63) is 58.1 Å². The molecule has 0 heterocycles. The van der Waals surface area contributed by atoms with Crippen molar-refractivity contribution in [1.82, 2.24) is 0 Å². The van der Waals surface area contributed by atoms with Crippen molar-refractivity contribution in [2.24, 2.45) is 5.73 Å². The lowest BCUT2D eigenvalue weighted by molar-refractivity contribution is 0.317. The molecule has 0 aromatic heterocycles. The third-order valence-electron chi connectivity index (χ3n) is 4.10. The Morgan fingerprint density at radius 2 is 1.88 bits per heavy atom. The first-order valence-corrected chi connectivity index (χ1v) is 10.1. The molecule has 3 nitrogen and oxygen atoms in total. The predicted molar refractivity (Wildman–Crippen MR) is 113 cm³/mol. The fraction of sp³-hybridized carbons (Fsp3) is 0.350. The van der Waals surface area contributed by atoms with Crippen LogP contribution in [0, 0.1) is 5.41 Å². The molecular weight excluding hydrogens is 387 g/mol. The molecule has 26 heavy (non-hydrogen) atoms. The Balaban J connectivity index is 2.07. The van der Waals surface area contributed by atoms with Gasteiger partial charge in [0.25, 0.3) is 0 Å². The molecule has 0 aliphatic rings. The largest absolute Gasteiger partial charge is 0.494 e. The van der Waals surface area contributed by atoms with Gasteiger partial charge < -0.3 is 10.5 Å². The molecule has 0 amide bonds. The van der Waals surface area contributed by atoms with E-state index in [4.69, 9.17) is 39.1 Å². The zero-order valence-corrected chi connectivity index (χ0v) is 17.3. The normalized spacial score (nSPS) is 13.2. The summed E-state index contributed by atoms with van der Waals surface area (Å²) in [6.45, 7) is 4.78. The van der Waals surface area contributed by atoms with Crippen LogP contribution in [0.4, 0.5) is 0 Å². The van der Waals surface area contributed by atoms with Crippen molar-refractivity contribution < 1.29 is 4.74 Å². The Labute approximate surface area is 169 Å². The second-order valence-corrected chi connectivity index (χ2v) is 8.72. The van der Waals surface area contributed by atoms with E-state index in [0.29, 0.717) is 23.1 Å². The molecule has 0 spiro atoms. The van der Waals surface area contributed by atoms with Crippen LogP contribution >= 0.6 is 35.0 Å². The maximum absolute atomic E-state index is 8.06. The van der Waals surface area contributed by atoms with Crippen molar-refractivity contribution in [3.8, 4) is 5.75 Å². The van der Waals surface area contributed by atoms with Gasteiger partial charge in [-0.15, -0.1) is 11.8 Å². The molecule has 0 aliphatic carbocycles. The first-order chi connectivity index (χ1) is 12.3. The molecule has 2 aromatic rings. The number of thioether (sulfide) groups is 1. The van der Waals surface area contributed by atoms with E-state index in [1.54, 1.807) is 17.8 Å². The summed E-state index contributed by atoms with van der Waals surface area (Å²) >= 11 is 13.8. The lowest BCUT2D eigenvalue weighted by Gasteiger charge is -2.28. The Morgan fingerprint density at radius 1 is 1.19 bits per heavy atom. The molecule has 1 atom stereocenters. The number of ether oxygens (including phenoxy) is 1. The fourth-order valence-corrected chi connectivity index (χ4v) is 4.03. The van der Waals surface area contributed by atoms with Crippen LogP contribution < -0.4 is 10.5 Å². The van der Waals surface area contributed by atoms with Gasteiger partial charge in [0.1, 0.15) is 11.6 Å². The van der Waals surface area contributed by atoms with Crippen LogP contribution in [0.15, 0.2) is 47.4 Å². The quantitative estimate of drug-likeness (QED) is 0.293. The van der Waals surface area contributed by atoms with E-state index >= 15 is 0 Å². The number of hydrogen-bond donors (Lipinski definition) is 2. The smallest absolute Gasteiger partial charge is 0.119 e. The number of hydrogen-bond acceptors (Lipinski definition) is 3. The van der Waals surface area contributed by atoms with Crippen LogP contribution in [0.2, 0.25) is 10.0 Å². The Kier molecular flexibility index (Phi) is 7.69. The van der Waals surface area contributed by atoms with Gasteiger partial charge in [-0.1, -0.05) is 36.2 Å². The van der Waals surface area contributed by atoms with Crippen molar-refractivity contribution in [1.29, 1.82) is 5.41 Å². The molecule has 0 bridgehead atoms. The van der Waals surface area contributed by atoms with E-state index in [1.807, 2.05) is 43.3 Å². The molecule has 0 saturated heterocycles. The summed E-state index contributed by atoms with van der Waals surface area (Å²) in [5.74, 6) is 1.01. The fourth-order valence-electron chi connectivity index (χ4n) is 2.42. The molecule has 2 rings (SSSR count). The average Bonchev–Trinajstić information content (AvgIpc) is 2.60. The van der Waals surface area contributed by atoms with Gasteiger partial charge in [0.05, 0.1) is 11.4 Å². The first-order valence-electron chi connectivity index (χ1n) is 8.54. The molecule has 0 saturated carbocycles. The highest BCUT2D eigenvalue weighted by molar-refractivity contribution is 8.01. The zero-order chi connectivity index (χ0) is 19.2. The molecular formula is C20H24Cl2N2OS. The summed E-state index contributed by atoms with van der Waals surface area (Å²) in [6.07, 6.45) is 2.39. The van der Waals surface area contributed by atoms with Crippen LogP contribution in [0.1, 0.15) is 32.3 Å². The Bertz CT molecular complexity index is 752. The monoisotopic (exact) mass is 410 g/mol. The van der Waals surface area contributed by atoms with E-state index < -0.39 is 4.75 Å². The molecule has 2 aromatic carbocycles. The summed E-state index contributed by atoms with van der Waals surface area (Å²) in [7, 11) is 0. The van der Waals surface area contributed by atoms with Gasteiger partial charge in [0, 0.05) is 14.9 Å². The molecule has 6 heteroatoms. The Hall–Kier alpha value is -1.36. The van der Waals surface area contributed by atoms with Gasteiger partial charge in [-0.25, -0.2) is 0 Å². The maximum Gasteiger partial charge on any atom is 0.119 e. The third-order valence-corrected chi connectivity index (χ3v) is 6.07. The predicted octanol–water partition coefficient (Wildman–Crippen LogP) is 6.20. The highest BCUT2D eigenvalue weighted by atomic mass is 35.5. The minimum absolute atomic E-state index is 0.152. The Morgan fingerprint density at radius 3 is 2.46 bits per heavy atom. The standard InChI is InChI=1S/C20H24Cl2N2OS/c1-3-12-25-16-6-8-17(9-7-16)26-20(2,19(23)24)11-10-14-4-5-15(21)13-18(14)22/h4-9,13H,3,10-12H2,1-2H3,(H3,23,24). The highest BCUT2D eigenvalue weighted by Crippen LogP contribution is 2.37. The topological polar surface area (TPSA) is 59.1 Å². The van der Waals surface area contributed by atoms with Crippen LogP contribution in [0.3, 0.4) is 0 Å². The lowest BCUT2D eigenvalue weighted by atomic mass is 9.99. The van der Waals surface area contributed by atoms with E-state index in [1.165, 1.54) is 0 Å². The van der Waals surface area contributed by atoms with Crippen molar-refractivity contribution in [3.63, 3.8) is 0 Å². The first kappa shape index (κ1) is 20.9. The van der Waals surface area contributed by atoms with Crippen LogP contribution in [0.5, 0.6) is 5.75 Å². The summed E-state index contributed by atoms with van der Waals surface area (Å²) in [6, 6.07) is 13.4. The van der Waals surface area contributed by atoms with Crippen LogP contribution in [0.25, 0.3) is 0 Å². The van der Waals surface area contributed by atoms with E-state index in [9.17, 15) is 0 Å². The van der Waals surface area contributed by atoms with Crippen LogP contribution in [-0.2, 0) is 6.42 Å². The van der Waals surface area contributed by atoms with Crippen molar-refractivity contribution in [2.75, 3.05) is 6.61 Å². The lowest BCUT2D eigenvalue weighted by Crippen LogP contribution is -2.37. The van der Waals surface area contributed by atoms with Crippen molar-refractivity contribution in [2.45, 2.75) is 42.8 Å². The van der Waals surface area contributed by atoms with Crippen molar-refractivity contribution >= 4 is 40.8 Å². The summed E-state index contributed by atoms with van der Waals surface area (Å²) in [5, 5.41) is 9.33.